The van der Waals surface area contributed by atoms with Gasteiger partial charge in [-0.2, -0.15) is 0 Å². The molecule has 242 valence electrons. The molecule has 3 aromatic carbocycles. The van der Waals surface area contributed by atoms with Crippen molar-refractivity contribution in [2.24, 2.45) is 5.92 Å². The second kappa shape index (κ2) is 11.6. The van der Waals surface area contributed by atoms with E-state index in [9.17, 15) is 19.5 Å². The monoisotopic (exact) mass is 640 g/mol. The summed E-state index contributed by atoms with van der Waals surface area (Å²) in [6.45, 7) is 7.99. The van der Waals surface area contributed by atoms with E-state index in [0.29, 0.717) is 32.5 Å². The third-order valence-corrected chi connectivity index (χ3v) is 13.3. The van der Waals surface area contributed by atoms with Crippen molar-refractivity contribution in [3.63, 3.8) is 0 Å². The second-order valence-corrected chi connectivity index (χ2v) is 17.8. The Morgan fingerprint density at radius 3 is 2.26 bits per heavy atom. The average molecular weight is 641 g/mol. The van der Waals surface area contributed by atoms with Gasteiger partial charge in [-0.25, -0.2) is 0 Å². The fourth-order valence-corrected chi connectivity index (χ4v) is 11.3. The first-order chi connectivity index (χ1) is 22.1. The lowest BCUT2D eigenvalue weighted by Crippen LogP contribution is -2.55. The standard InChI is InChI=1S/C36H44N4O5Si/c1-25-32(46(2,3)44)31(16-21-41)45-36(25)29-22-28(14-15-30(29)38(34(36)43)23-26-10-6-4-7-11-26)39-24-40(27-12-8-5-9-13-27)35(33(39)42)17-19-37-20-18-35/h4-15,22,25,31-32,37,41,44H,16-21,23-24H2,1-3H3/t25-,31+,32-,36+/m0/s1. The summed E-state index contributed by atoms with van der Waals surface area (Å²) in [5.41, 5.74) is 1.96. The summed E-state index contributed by atoms with van der Waals surface area (Å²) in [4.78, 5) is 46.7. The molecule has 4 aliphatic heterocycles. The van der Waals surface area contributed by atoms with E-state index in [2.05, 4.69) is 22.3 Å². The number of para-hydroxylation sites is 1. The minimum absolute atomic E-state index is 0.0673. The maximum absolute atomic E-state index is 14.8. The van der Waals surface area contributed by atoms with Crippen LogP contribution in [0.2, 0.25) is 18.6 Å². The lowest BCUT2D eigenvalue weighted by Gasteiger charge is -2.39. The Balaban J connectivity index is 1.35. The van der Waals surface area contributed by atoms with Crippen LogP contribution in [-0.4, -0.2) is 68.0 Å². The highest BCUT2D eigenvalue weighted by molar-refractivity contribution is 6.71. The molecule has 0 unspecified atom stereocenters. The maximum atomic E-state index is 14.8. The fourth-order valence-electron chi connectivity index (χ4n) is 8.72. The van der Waals surface area contributed by atoms with E-state index < -0.39 is 25.6 Å². The van der Waals surface area contributed by atoms with Gasteiger partial charge in [-0.05, 0) is 81.3 Å². The number of carbonyl (C=O) groups excluding carboxylic acids is 2. The average Bonchev–Trinajstić information content (AvgIpc) is 3.60. The fraction of sp³-hybridized carbons (Fsp3) is 0.444. The van der Waals surface area contributed by atoms with E-state index in [0.717, 1.165) is 41.3 Å². The van der Waals surface area contributed by atoms with Crippen LogP contribution in [0.4, 0.5) is 17.1 Å². The van der Waals surface area contributed by atoms with Crippen LogP contribution in [0.1, 0.15) is 37.3 Å². The number of ether oxygens (including phenoxy) is 1. The first-order valence-corrected chi connectivity index (χ1v) is 19.5. The van der Waals surface area contributed by atoms with Gasteiger partial charge in [0, 0.05) is 35.0 Å². The predicted octanol–water partition coefficient (Wildman–Crippen LogP) is 4.35. The number of hydrogen-bond acceptors (Lipinski definition) is 7. The number of rotatable bonds is 7. The van der Waals surface area contributed by atoms with Crippen LogP contribution in [0.15, 0.2) is 78.9 Å². The molecular formula is C36H44N4O5Si. The van der Waals surface area contributed by atoms with E-state index in [-0.39, 0.29) is 29.9 Å². The molecule has 3 saturated heterocycles. The summed E-state index contributed by atoms with van der Waals surface area (Å²) < 4.78 is 6.85. The van der Waals surface area contributed by atoms with Crippen LogP contribution in [0, 0.1) is 5.92 Å². The van der Waals surface area contributed by atoms with Crippen molar-refractivity contribution in [3.05, 3.63) is 90.0 Å². The van der Waals surface area contributed by atoms with Gasteiger partial charge in [-0.3, -0.25) is 14.5 Å². The third kappa shape index (κ3) is 4.72. The largest absolute Gasteiger partial charge is 0.432 e. The van der Waals surface area contributed by atoms with E-state index in [1.807, 2.05) is 91.6 Å². The molecule has 4 heterocycles. The first-order valence-electron chi connectivity index (χ1n) is 16.5. The summed E-state index contributed by atoms with van der Waals surface area (Å²) >= 11 is 0. The number of aliphatic hydroxyl groups excluding tert-OH is 1. The zero-order valence-corrected chi connectivity index (χ0v) is 27.9. The molecule has 0 radical (unpaired) electrons. The summed E-state index contributed by atoms with van der Waals surface area (Å²) in [5.74, 6) is -0.435. The number of benzene rings is 3. The molecule has 0 bridgehead atoms. The molecule has 0 saturated carbocycles. The van der Waals surface area contributed by atoms with Gasteiger partial charge in [-0.1, -0.05) is 55.5 Å². The molecule has 0 aliphatic carbocycles. The minimum Gasteiger partial charge on any atom is -0.432 e. The summed E-state index contributed by atoms with van der Waals surface area (Å²) in [6, 6.07) is 25.9. The van der Waals surface area contributed by atoms with Crippen molar-refractivity contribution in [3.8, 4) is 0 Å². The minimum atomic E-state index is -2.84. The second-order valence-electron chi connectivity index (χ2n) is 13.9. The smallest absolute Gasteiger partial charge is 0.264 e. The van der Waals surface area contributed by atoms with Crippen LogP contribution in [-0.2, 0) is 26.5 Å². The number of aliphatic hydroxyl groups is 1. The number of anilines is 3. The van der Waals surface area contributed by atoms with Gasteiger partial charge in [0.15, 0.2) is 13.9 Å². The van der Waals surface area contributed by atoms with Crippen molar-refractivity contribution in [2.45, 2.75) is 68.6 Å². The highest BCUT2D eigenvalue weighted by Crippen LogP contribution is 2.60. The Hall–Kier alpha value is -3.54. The highest BCUT2D eigenvalue weighted by atomic mass is 28.4. The van der Waals surface area contributed by atoms with E-state index in [1.165, 1.54) is 0 Å². The molecule has 9 nitrogen and oxygen atoms in total. The van der Waals surface area contributed by atoms with Crippen LogP contribution >= 0.6 is 0 Å². The SMILES string of the molecule is C[C@H]1[C@H]([Si](C)(C)O)[C@@H](CCO)O[C@]12C(=O)N(Cc1ccccc1)c1ccc(N3CN(c4ccccc4)C4(CCNCC4)C3=O)cc12. The van der Waals surface area contributed by atoms with Crippen molar-refractivity contribution in [1.82, 2.24) is 5.32 Å². The third-order valence-electron chi connectivity index (χ3n) is 10.8. The molecule has 3 fully saturated rings. The van der Waals surface area contributed by atoms with Crippen LogP contribution < -0.4 is 20.0 Å². The topological polar surface area (TPSA) is 106 Å². The summed E-state index contributed by atoms with van der Waals surface area (Å²) in [7, 11) is -2.84. The normalized spacial score (nSPS) is 27.3. The van der Waals surface area contributed by atoms with Gasteiger partial charge in [0.1, 0.15) is 5.54 Å². The number of hydrogen-bond donors (Lipinski definition) is 3. The summed E-state index contributed by atoms with van der Waals surface area (Å²) in [6.07, 6.45) is 1.28. The maximum Gasteiger partial charge on any atom is 0.264 e. The molecule has 0 aromatic heterocycles. The Bertz CT molecular complexity index is 1610. The van der Waals surface area contributed by atoms with Crippen molar-refractivity contribution in [1.29, 1.82) is 0 Å². The molecule has 7 rings (SSSR count). The van der Waals surface area contributed by atoms with E-state index in [1.54, 1.807) is 4.90 Å². The number of nitrogens with one attached hydrogen (secondary N) is 1. The van der Waals surface area contributed by atoms with Gasteiger partial charge in [-0.15, -0.1) is 0 Å². The van der Waals surface area contributed by atoms with E-state index >= 15 is 0 Å². The van der Waals surface area contributed by atoms with Crippen LogP contribution in [0.5, 0.6) is 0 Å². The number of carbonyl (C=O) groups is 2. The highest BCUT2D eigenvalue weighted by Gasteiger charge is 2.66. The number of fused-ring (bicyclic) bond motifs is 2. The predicted molar refractivity (Wildman–Crippen MR) is 181 cm³/mol. The van der Waals surface area contributed by atoms with Crippen molar-refractivity contribution < 1.29 is 24.2 Å². The zero-order chi connectivity index (χ0) is 32.3. The molecule has 2 spiro atoms. The number of amides is 2. The van der Waals surface area contributed by atoms with Gasteiger partial charge < -0.3 is 29.8 Å². The van der Waals surface area contributed by atoms with Gasteiger partial charge in [0.25, 0.3) is 11.8 Å². The molecule has 4 aliphatic rings. The van der Waals surface area contributed by atoms with E-state index in [4.69, 9.17) is 4.74 Å². The van der Waals surface area contributed by atoms with Crippen molar-refractivity contribution in [2.75, 3.05) is 41.1 Å². The summed E-state index contributed by atoms with van der Waals surface area (Å²) in [5, 5.41) is 13.4. The molecule has 46 heavy (non-hydrogen) atoms. The molecule has 4 atom stereocenters. The number of piperidine rings is 1. The lowest BCUT2D eigenvalue weighted by atomic mass is 9.82. The molecule has 3 N–H and O–H groups in total. The lowest BCUT2D eigenvalue weighted by molar-refractivity contribution is -0.146. The molecule has 3 aromatic rings. The molecule has 10 heteroatoms. The Morgan fingerprint density at radius 1 is 0.935 bits per heavy atom. The number of nitrogens with zero attached hydrogens (tertiary/aromatic N) is 3. The van der Waals surface area contributed by atoms with Crippen LogP contribution in [0.25, 0.3) is 0 Å². The van der Waals surface area contributed by atoms with Gasteiger partial charge in [0.2, 0.25) is 0 Å². The van der Waals surface area contributed by atoms with Gasteiger partial charge >= 0.3 is 0 Å². The van der Waals surface area contributed by atoms with Crippen LogP contribution in [0.3, 0.4) is 0 Å². The Labute approximate surface area is 271 Å². The first kappa shape index (κ1) is 31.1. The molecular weight excluding hydrogens is 597 g/mol. The van der Waals surface area contributed by atoms with Crippen molar-refractivity contribution >= 4 is 37.2 Å². The zero-order valence-electron chi connectivity index (χ0n) is 26.9. The van der Waals surface area contributed by atoms with Gasteiger partial charge in [0.05, 0.1) is 25.0 Å². The molecule has 2 amide bonds. The Morgan fingerprint density at radius 2 is 1.61 bits per heavy atom. The Kier molecular flexibility index (Phi) is 7.84. The quantitative estimate of drug-likeness (QED) is 0.330.